The first-order chi connectivity index (χ1) is 12.5. The van der Waals surface area contributed by atoms with Crippen molar-refractivity contribution in [2.75, 3.05) is 26.3 Å². The summed E-state index contributed by atoms with van der Waals surface area (Å²) in [6.45, 7) is 9.08. The first-order valence-electron chi connectivity index (χ1n) is 9.01. The average molecular weight is 379 g/mol. The molecule has 1 saturated heterocycles. The number of carbonyl (C=O) groups is 2. The van der Waals surface area contributed by atoms with E-state index in [1.807, 2.05) is 13.8 Å². The van der Waals surface area contributed by atoms with Crippen molar-refractivity contribution in [3.8, 4) is 0 Å². The number of rotatable bonds is 6. The molecule has 1 aromatic rings. The molecule has 1 aliphatic rings. The fraction of sp³-hybridized carbons (Fsp3) is 0.579. The summed E-state index contributed by atoms with van der Waals surface area (Å²) in [5.41, 5.74) is -1.41. The minimum Gasteiger partial charge on any atom is -0.478 e. The Labute approximate surface area is 159 Å². The summed E-state index contributed by atoms with van der Waals surface area (Å²) < 4.78 is 5.24. The van der Waals surface area contributed by atoms with Crippen LogP contribution in [0.15, 0.2) is 24.3 Å². The van der Waals surface area contributed by atoms with Crippen molar-refractivity contribution in [1.82, 2.24) is 15.5 Å². The SMILES string of the molecule is CC(NC(=O)N1CCOCC1)NC(C)(O)C(C)(C)c1cccc(C(=O)O)c1. The molecule has 0 radical (unpaired) electrons. The lowest BCUT2D eigenvalue weighted by atomic mass is 9.75. The van der Waals surface area contributed by atoms with Gasteiger partial charge in [0.25, 0.3) is 0 Å². The highest BCUT2D eigenvalue weighted by Gasteiger charge is 2.42. The van der Waals surface area contributed by atoms with Gasteiger partial charge in [-0.2, -0.15) is 0 Å². The molecule has 0 saturated carbocycles. The first-order valence-corrected chi connectivity index (χ1v) is 9.01. The minimum absolute atomic E-state index is 0.157. The van der Waals surface area contributed by atoms with Crippen LogP contribution in [0.5, 0.6) is 0 Å². The predicted octanol–water partition coefficient (Wildman–Crippen LogP) is 1.35. The summed E-state index contributed by atoms with van der Waals surface area (Å²) in [4.78, 5) is 25.2. The lowest BCUT2D eigenvalue weighted by Crippen LogP contribution is -2.63. The van der Waals surface area contributed by atoms with E-state index < -0.39 is 23.3 Å². The third-order valence-electron chi connectivity index (χ3n) is 5.18. The standard InChI is InChI=1S/C19H29N3O5/c1-13(20-17(25)22-8-10-27-11-9-22)21-19(4,26)18(2,3)15-7-5-6-14(12-15)16(23)24/h5-7,12-13,21,26H,8-11H2,1-4H3,(H,20,25)(H,23,24). The summed E-state index contributed by atoms with van der Waals surface area (Å²) in [5.74, 6) is -1.02. The molecule has 1 aromatic carbocycles. The van der Waals surface area contributed by atoms with Crippen LogP contribution in [0, 0.1) is 0 Å². The van der Waals surface area contributed by atoms with E-state index >= 15 is 0 Å². The molecule has 0 aromatic heterocycles. The monoisotopic (exact) mass is 379 g/mol. The number of ether oxygens (including phenoxy) is 1. The highest BCUT2D eigenvalue weighted by atomic mass is 16.5. The molecule has 2 amide bonds. The van der Waals surface area contributed by atoms with Crippen LogP contribution in [-0.4, -0.2) is 65.3 Å². The van der Waals surface area contributed by atoms with E-state index in [-0.39, 0.29) is 11.6 Å². The van der Waals surface area contributed by atoms with Gasteiger partial charge in [0.2, 0.25) is 0 Å². The number of nitrogens with one attached hydrogen (secondary N) is 2. The Bertz CT molecular complexity index is 684. The quantitative estimate of drug-likeness (QED) is 0.555. The molecule has 0 aliphatic carbocycles. The van der Waals surface area contributed by atoms with E-state index in [1.165, 1.54) is 6.07 Å². The van der Waals surface area contributed by atoms with Crippen molar-refractivity contribution >= 4 is 12.0 Å². The van der Waals surface area contributed by atoms with Gasteiger partial charge in [0.05, 0.1) is 24.9 Å². The molecule has 1 fully saturated rings. The van der Waals surface area contributed by atoms with E-state index in [2.05, 4.69) is 10.6 Å². The fourth-order valence-electron chi connectivity index (χ4n) is 3.00. The van der Waals surface area contributed by atoms with E-state index in [4.69, 9.17) is 4.74 Å². The highest BCUT2D eigenvalue weighted by Crippen LogP contribution is 2.34. The van der Waals surface area contributed by atoms with E-state index in [0.717, 1.165) is 0 Å². The number of hydrogen-bond acceptors (Lipinski definition) is 5. The number of carboxylic acids is 1. The average Bonchev–Trinajstić information content (AvgIpc) is 2.61. The zero-order valence-corrected chi connectivity index (χ0v) is 16.3. The molecule has 2 rings (SSSR count). The Morgan fingerprint density at radius 3 is 2.44 bits per heavy atom. The molecule has 27 heavy (non-hydrogen) atoms. The van der Waals surface area contributed by atoms with Gasteiger partial charge in [-0.1, -0.05) is 26.0 Å². The van der Waals surface area contributed by atoms with Crippen molar-refractivity contribution in [3.63, 3.8) is 0 Å². The molecular weight excluding hydrogens is 350 g/mol. The number of aromatic carboxylic acids is 1. The second kappa shape index (κ2) is 8.24. The number of carbonyl (C=O) groups excluding carboxylic acids is 1. The van der Waals surface area contributed by atoms with Crippen LogP contribution in [0.1, 0.15) is 43.6 Å². The van der Waals surface area contributed by atoms with E-state index in [1.54, 1.807) is 36.9 Å². The molecule has 2 atom stereocenters. The Morgan fingerprint density at radius 2 is 1.85 bits per heavy atom. The number of urea groups is 1. The number of aliphatic hydroxyl groups is 1. The van der Waals surface area contributed by atoms with Gasteiger partial charge in [0.1, 0.15) is 5.72 Å². The molecule has 1 aliphatic heterocycles. The van der Waals surface area contributed by atoms with Crippen molar-refractivity contribution in [3.05, 3.63) is 35.4 Å². The third-order valence-corrected chi connectivity index (χ3v) is 5.18. The Hall–Kier alpha value is -2.16. The van der Waals surface area contributed by atoms with Gasteiger partial charge >= 0.3 is 12.0 Å². The highest BCUT2D eigenvalue weighted by molar-refractivity contribution is 5.87. The maximum absolute atomic E-state index is 12.3. The summed E-state index contributed by atoms with van der Waals surface area (Å²) in [6, 6.07) is 6.27. The number of benzene rings is 1. The van der Waals surface area contributed by atoms with Crippen molar-refractivity contribution < 1.29 is 24.5 Å². The number of carboxylic acid groups (broad SMARTS) is 1. The lowest BCUT2D eigenvalue weighted by Gasteiger charge is -2.43. The smallest absolute Gasteiger partial charge is 0.335 e. The third kappa shape index (κ3) is 4.97. The molecule has 0 bridgehead atoms. The van der Waals surface area contributed by atoms with Crippen LogP contribution in [0.3, 0.4) is 0 Å². The van der Waals surface area contributed by atoms with Crippen LogP contribution in [0.4, 0.5) is 4.79 Å². The number of nitrogens with zero attached hydrogens (tertiary/aromatic N) is 1. The maximum atomic E-state index is 12.3. The van der Waals surface area contributed by atoms with Crippen LogP contribution in [0.2, 0.25) is 0 Å². The maximum Gasteiger partial charge on any atom is 0.335 e. The van der Waals surface area contributed by atoms with Gasteiger partial charge in [-0.3, -0.25) is 5.32 Å². The van der Waals surface area contributed by atoms with Crippen LogP contribution in [0.25, 0.3) is 0 Å². The molecule has 4 N–H and O–H groups in total. The predicted molar refractivity (Wildman–Crippen MR) is 101 cm³/mol. The second-order valence-electron chi connectivity index (χ2n) is 7.50. The molecule has 8 heteroatoms. The van der Waals surface area contributed by atoms with E-state index in [0.29, 0.717) is 31.9 Å². The number of hydrogen-bond donors (Lipinski definition) is 4. The minimum atomic E-state index is -1.41. The number of morpholine rings is 1. The summed E-state index contributed by atoms with van der Waals surface area (Å²) in [5, 5.41) is 26.1. The van der Waals surface area contributed by atoms with Gasteiger partial charge in [0.15, 0.2) is 0 Å². The molecule has 0 spiro atoms. The van der Waals surface area contributed by atoms with Crippen molar-refractivity contribution in [2.24, 2.45) is 0 Å². The lowest BCUT2D eigenvalue weighted by molar-refractivity contribution is -0.0503. The Kier molecular flexibility index (Phi) is 6.46. The van der Waals surface area contributed by atoms with Gasteiger partial charge in [-0.05, 0) is 31.5 Å². The van der Waals surface area contributed by atoms with Gasteiger partial charge < -0.3 is 25.2 Å². The zero-order chi connectivity index (χ0) is 20.2. The van der Waals surface area contributed by atoms with Crippen LogP contribution < -0.4 is 10.6 Å². The fourth-order valence-corrected chi connectivity index (χ4v) is 3.00. The largest absolute Gasteiger partial charge is 0.478 e. The van der Waals surface area contributed by atoms with E-state index in [9.17, 15) is 19.8 Å². The van der Waals surface area contributed by atoms with Gasteiger partial charge in [-0.25, -0.2) is 9.59 Å². The molecule has 8 nitrogen and oxygen atoms in total. The van der Waals surface area contributed by atoms with Crippen molar-refractivity contribution in [1.29, 1.82) is 0 Å². The normalized spacial score (nSPS) is 18.5. The van der Waals surface area contributed by atoms with Gasteiger partial charge in [0, 0.05) is 18.5 Å². The molecule has 1 heterocycles. The van der Waals surface area contributed by atoms with Crippen molar-refractivity contribution in [2.45, 2.75) is 45.0 Å². The van der Waals surface area contributed by atoms with Crippen LogP contribution in [-0.2, 0) is 10.2 Å². The second-order valence-corrected chi connectivity index (χ2v) is 7.50. The topological polar surface area (TPSA) is 111 Å². The number of amides is 2. The first kappa shape index (κ1) is 21.1. The van der Waals surface area contributed by atoms with Crippen LogP contribution >= 0.6 is 0 Å². The summed E-state index contributed by atoms with van der Waals surface area (Å²) in [7, 11) is 0. The Morgan fingerprint density at radius 1 is 1.22 bits per heavy atom. The summed E-state index contributed by atoms with van der Waals surface area (Å²) in [6.07, 6.45) is -0.503. The summed E-state index contributed by atoms with van der Waals surface area (Å²) >= 11 is 0. The molecular formula is C19H29N3O5. The van der Waals surface area contributed by atoms with Gasteiger partial charge in [-0.15, -0.1) is 0 Å². The molecule has 150 valence electrons. The zero-order valence-electron chi connectivity index (χ0n) is 16.3. The molecule has 2 unspecified atom stereocenters. The Balaban J connectivity index is 2.07.